The van der Waals surface area contributed by atoms with Crippen molar-refractivity contribution in [2.24, 2.45) is 0 Å². The van der Waals surface area contributed by atoms with Gasteiger partial charge in [0.05, 0.1) is 23.1 Å². The fourth-order valence-corrected chi connectivity index (χ4v) is 4.41. The highest BCUT2D eigenvalue weighted by molar-refractivity contribution is 6.31. The number of hydrogen-bond donors (Lipinski definition) is 0. The number of carbonyl (C=O) groups is 1. The number of nitrogens with zero attached hydrogens (tertiary/aromatic N) is 4. The van der Waals surface area contributed by atoms with E-state index in [1.54, 1.807) is 6.20 Å². The van der Waals surface area contributed by atoms with E-state index in [0.29, 0.717) is 30.5 Å². The zero-order chi connectivity index (χ0) is 20.0. The van der Waals surface area contributed by atoms with Gasteiger partial charge in [-0.2, -0.15) is 0 Å². The van der Waals surface area contributed by atoms with E-state index in [2.05, 4.69) is 14.9 Å². The summed E-state index contributed by atoms with van der Waals surface area (Å²) < 4.78 is 19.4. The molecule has 0 radical (unpaired) electrons. The minimum absolute atomic E-state index is 0.0300. The SMILES string of the molecule is O=C(c1ccc(F)c(Cl)c1)N1CCN2C[C@H](Oc3cnc(C4CC4)cn3)C[C@H]2C1. The van der Waals surface area contributed by atoms with Crippen LogP contribution in [0.25, 0.3) is 0 Å². The first-order chi connectivity index (χ1) is 14.1. The molecule has 3 fully saturated rings. The largest absolute Gasteiger partial charge is 0.472 e. The molecule has 0 unspecified atom stereocenters. The van der Waals surface area contributed by atoms with Gasteiger partial charge in [-0.3, -0.25) is 14.7 Å². The molecule has 2 aliphatic heterocycles. The summed E-state index contributed by atoms with van der Waals surface area (Å²) in [6, 6.07) is 4.37. The number of carbonyl (C=O) groups excluding carboxylic acids is 1. The van der Waals surface area contributed by atoms with Gasteiger partial charge in [0.15, 0.2) is 0 Å². The quantitative estimate of drug-likeness (QED) is 0.766. The highest BCUT2D eigenvalue weighted by Gasteiger charge is 2.39. The molecule has 3 heterocycles. The number of amides is 1. The molecule has 0 spiro atoms. The van der Waals surface area contributed by atoms with E-state index in [1.165, 1.54) is 31.0 Å². The third-order valence-electron chi connectivity index (χ3n) is 5.96. The maximum absolute atomic E-state index is 13.4. The Labute approximate surface area is 173 Å². The van der Waals surface area contributed by atoms with Crippen molar-refractivity contribution in [3.05, 3.63) is 52.7 Å². The van der Waals surface area contributed by atoms with Crippen molar-refractivity contribution in [2.75, 3.05) is 26.2 Å². The molecule has 0 N–H and O–H groups in total. The molecule has 2 saturated heterocycles. The summed E-state index contributed by atoms with van der Waals surface area (Å²) in [6.45, 7) is 2.87. The van der Waals surface area contributed by atoms with Gasteiger partial charge in [-0.25, -0.2) is 9.37 Å². The average molecular weight is 417 g/mol. The minimum Gasteiger partial charge on any atom is -0.472 e. The Morgan fingerprint density at radius 1 is 1.17 bits per heavy atom. The van der Waals surface area contributed by atoms with Gasteiger partial charge in [-0.15, -0.1) is 0 Å². The average Bonchev–Trinajstić information content (AvgIpc) is 3.50. The highest BCUT2D eigenvalue weighted by Crippen LogP contribution is 2.38. The molecule has 2 aromatic rings. The Balaban J connectivity index is 1.20. The third-order valence-corrected chi connectivity index (χ3v) is 6.25. The van der Waals surface area contributed by atoms with Crippen LogP contribution in [0.3, 0.4) is 0 Å². The summed E-state index contributed by atoms with van der Waals surface area (Å²) in [5.74, 6) is 0.513. The van der Waals surface area contributed by atoms with Crippen LogP contribution in [-0.2, 0) is 0 Å². The molecule has 1 aliphatic carbocycles. The molecule has 0 bridgehead atoms. The number of piperazine rings is 1. The number of rotatable bonds is 4. The van der Waals surface area contributed by atoms with Gasteiger partial charge in [0.1, 0.15) is 11.9 Å². The lowest BCUT2D eigenvalue weighted by atomic mass is 10.1. The van der Waals surface area contributed by atoms with E-state index in [4.69, 9.17) is 16.3 Å². The van der Waals surface area contributed by atoms with Crippen LogP contribution in [0.2, 0.25) is 5.02 Å². The molecule has 5 rings (SSSR count). The molecule has 1 aromatic carbocycles. The van der Waals surface area contributed by atoms with Gasteiger partial charge in [0, 0.05) is 50.1 Å². The number of ether oxygens (including phenoxy) is 1. The molecule has 152 valence electrons. The Bertz CT molecular complexity index is 921. The predicted octanol–water partition coefficient (Wildman–Crippen LogP) is 3.12. The summed E-state index contributed by atoms with van der Waals surface area (Å²) in [5, 5.41) is -0.0300. The summed E-state index contributed by atoms with van der Waals surface area (Å²) in [7, 11) is 0. The second-order valence-corrected chi connectivity index (χ2v) is 8.47. The molecule has 6 nitrogen and oxygen atoms in total. The standard InChI is InChI=1S/C21H22ClFN4O2/c22-17-7-14(3-4-18(17)23)21(28)27-6-5-26-12-16(8-15(26)11-27)29-20-10-24-19(9-25-20)13-1-2-13/h3-4,7,9-10,13,15-16H,1-2,5-6,8,11-12H2/t15-,16+/m0/s1. The first-order valence-corrected chi connectivity index (χ1v) is 10.4. The number of aromatic nitrogens is 2. The van der Waals surface area contributed by atoms with Crippen molar-refractivity contribution in [3.8, 4) is 5.88 Å². The van der Waals surface area contributed by atoms with E-state index in [-0.39, 0.29) is 23.1 Å². The van der Waals surface area contributed by atoms with Crippen LogP contribution in [0.4, 0.5) is 4.39 Å². The third kappa shape index (κ3) is 3.94. The van der Waals surface area contributed by atoms with Gasteiger partial charge in [0.2, 0.25) is 5.88 Å². The van der Waals surface area contributed by atoms with Crippen molar-refractivity contribution >= 4 is 17.5 Å². The Hall–Kier alpha value is -2.25. The maximum atomic E-state index is 13.4. The number of fused-ring (bicyclic) bond motifs is 1. The highest BCUT2D eigenvalue weighted by atomic mass is 35.5. The summed E-state index contributed by atoms with van der Waals surface area (Å²) >= 11 is 5.83. The van der Waals surface area contributed by atoms with Crippen molar-refractivity contribution in [1.82, 2.24) is 19.8 Å². The van der Waals surface area contributed by atoms with Crippen LogP contribution >= 0.6 is 11.6 Å². The first kappa shape index (κ1) is 18.8. The lowest BCUT2D eigenvalue weighted by Gasteiger charge is -2.37. The normalized spacial score (nSPS) is 24.4. The molecule has 1 aromatic heterocycles. The molecule has 2 atom stereocenters. The van der Waals surface area contributed by atoms with E-state index in [1.807, 2.05) is 11.1 Å². The lowest BCUT2D eigenvalue weighted by Crippen LogP contribution is -2.52. The van der Waals surface area contributed by atoms with Crippen molar-refractivity contribution < 1.29 is 13.9 Å². The minimum atomic E-state index is -0.517. The molecular weight excluding hydrogens is 395 g/mol. The molecule has 29 heavy (non-hydrogen) atoms. The summed E-state index contributed by atoms with van der Waals surface area (Å²) in [4.78, 5) is 25.8. The predicted molar refractivity (Wildman–Crippen MR) is 106 cm³/mol. The van der Waals surface area contributed by atoms with E-state index in [0.717, 1.165) is 25.2 Å². The fourth-order valence-electron chi connectivity index (χ4n) is 4.23. The van der Waals surface area contributed by atoms with Crippen LogP contribution in [0.15, 0.2) is 30.6 Å². The Morgan fingerprint density at radius 3 is 2.76 bits per heavy atom. The monoisotopic (exact) mass is 416 g/mol. The Kier molecular flexibility index (Phi) is 4.87. The van der Waals surface area contributed by atoms with Gasteiger partial charge in [-0.1, -0.05) is 11.6 Å². The van der Waals surface area contributed by atoms with Crippen LogP contribution in [0, 0.1) is 5.82 Å². The van der Waals surface area contributed by atoms with E-state index < -0.39 is 5.82 Å². The molecule has 1 saturated carbocycles. The van der Waals surface area contributed by atoms with Gasteiger partial charge in [-0.05, 0) is 31.0 Å². The fraction of sp³-hybridized carbons (Fsp3) is 0.476. The van der Waals surface area contributed by atoms with E-state index in [9.17, 15) is 9.18 Å². The van der Waals surface area contributed by atoms with Crippen LogP contribution in [0.1, 0.15) is 41.2 Å². The van der Waals surface area contributed by atoms with E-state index >= 15 is 0 Å². The van der Waals surface area contributed by atoms with Gasteiger partial charge >= 0.3 is 0 Å². The maximum Gasteiger partial charge on any atom is 0.254 e. The van der Waals surface area contributed by atoms with Crippen LogP contribution < -0.4 is 4.74 Å². The van der Waals surface area contributed by atoms with Crippen molar-refractivity contribution in [1.29, 1.82) is 0 Å². The van der Waals surface area contributed by atoms with Crippen molar-refractivity contribution in [2.45, 2.75) is 37.3 Å². The lowest BCUT2D eigenvalue weighted by molar-refractivity contribution is 0.0569. The van der Waals surface area contributed by atoms with Crippen LogP contribution in [-0.4, -0.2) is 64.0 Å². The number of hydrogen-bond acceptors (Lipinski definition) is 5. The second kappa shape index (κ2) is 7.54. The summed E-state index contributed by atoms with van der Waals surface area (Å²) in [6.07, 6.45) is 6.82. The zero-order valence-electron chi connectivity index (χ0n) is 15.9. The molecule has 8 heteroatoms. The smallest absolute Gasteiger partial charge is 0.254 e. The van der Waals surface area contributed by atoms with Crippen molar-refractivity contribution in [3.63, 3.8) is 0 Å². The zero-order valence-corrected chi connectivity index (χ0v) is 16.7. The van der Waals surface area contributed by atoms with Gasteiger partial charge in [0.25, 0.3) is 5.91 Å². The summed E-state index contributed by atoms with van der Waals surface area (Å²) in [5.41, 5.74) is 1.47. The number of benzene rings is 1. The molecule has 1 amide bonds. The first-order valence-electron chi connectivity index (χ1n) is 10.0. The molecular formula is C21H22ClFN4O2. The number of halogens is 2. The van der Waals surface area contributed by atoms with Crippen LogP contribution in [0.5, 0.6) is 5.88 Å². The second-order valence-electron chi connectivity index (χ2n) is 8.06. The molecule has 3 aliphatic rings. The Morgan fingerprint density at radius 2 is 2.03 bits per heavy atom. The van der Waals surface area contributed by atoms with Gasteiger partial charge < -0.3 is 9.64 Å². The topological polar surface area (TPSA) is 58.6 Å².